The highest BCUT2D eigenvalue weighted by molar-refractivity contribution is 9.10. The van der Waals surface area contributed by atoms with Crippen LogP contribution >= 0.6 is 15.9 Å². The maximum absolute atomic E-state index is 13.7. The average molecular weight is 1830 g/mol. The minimum Gasteiger partial charge on any atom is -0.508 e. The quantitative estimate of drug-likeness (QED) is 0.0182. The summed E-state index contributed by atoms with van der Waals surface area (Å²) in [6, 6.07) is 38.8. The van der Waals surface area contributed by atoms with E-state index in [9.17, 15) is 47.4 Å². The van der Waals surface area contributed by atoms with E-state index in [4.69, 9.17) is 35.0 Å². The van der Waals surface area contributed by atoms with Crippen molar-refractivity contribution < 1.29 is 68.3 Å². The highest BCUT2D eigenvalue weighted by Gasteiger charge is 2.68. The number of ketones is 5. The number of carbonyl (C=O) groups is 6. The van der Waals surface area contributed by atoms with Gasteiger partial charge in [0, 0.05) is 105 Å². The molecule has 3 aromatic heterocycles. The number of nitrogens with two attached hydrogens (primary N) is 2. The van der Waals surface area contributed by atoms with Gasteiger partial charge in [0.05, 0.1) is 18.2 Å². The first-order chi connectivity index (χ1) is 61.1. The van der Waals surface area contributed by atoms with Gasteiger partial charge in [0.15, 0.2) is 17.2 Å². The minimum atomic E-state index is -3.97. The SMILES string of the molecule is CC(=O)OC1CCC2(C)C(CCC3C2CC(=O)C2(C)C3CC(N3CC3)C2C(C)=O)C1.CN=C(N)c1ccc(-c2ccc(-c3ccc(C(=N)N)cc3)o2)cc1.COc1ncc2[nH]c(C(O)c3ccccc3)nc2n1.C[C@]12CC[C@H]3[C@H](CCC4=CC(=O)CC[C@@]43C)[C@@H]1CC[C@@H]2C(=O)COS(=O)(=O)c1ccc(Br)cc1.Cc1cc(O)cc2c1[C@H]1CC[C@]3(C)C(=O)CC[C@H]3[C@H]1C=C2.[HH].[HH]. The zero-order valence-corrected chi connectivity index (χ0v) is 77.5. The number of furan rings is 1. The van der Waals surface area contributed by atoms with Crippen molar-refractivity contribution in [1.29, 1.82) is 5.41 Å². The van der Waals surface area contributed by atoms with Gasteiger partial charge < -0.3 is 40.6 Å². The number of aryl methyl sites for hydroxylation is 1. The number of H-pyrrole nitrogens is 1. The van der Waals surface area contributed by atoms with Gasteiger partial charge in [-0.3, -0.25) is 48.3 Å². The topological polar surface area (TPSA) is 364 Å². The van der Waals surface area contributed by atoms with Gasteiger partial charge >= 0.3 is 12.0 Å². The number of phenols is 1. The number of phenolic OH excluding ortho intramolecular Hbond substituents is 1. The van der Waals surface area contributed by atoms with Gasteiger partial charge in [0.1, 0.15) is 76.4 Å². The average Bonchev–Trinajstić information content (AvgIpc) is 1.52. The van der Waals surface area contributed by atoms with Gasteiger partial charge in [0.25, 0.3) is 10.1 Å². The molecule has 9 saturated carbocycles. The first-order valence-corrected chi connectivity index (χ1v) is 48.1. The summed E-state index contributed by atoms with van der Waals surface area (Å²) >= 11 is 3.30. The number of rotatable bonds is 15. The number of benzene rings is 5. The van der Waals surface area contributed by atoms with E-state index >= 15 is 0 Å². The van der Waals surface area contributed by atoms with Crippen LogP contribution in [0.15, 0.2) is 170 Å². The summed E-state index contributed by atoms with van der Waals surface area (Å²) in [5.41, 5.74) is 21.3. The molecule has 8 N–H and O–H groups in total. The number of aromatic hydroxyl groups is 1. The molecule has 10 fully saturated rings. The summed E-state index contributed by atoms with van der Waals surface area (Å²) in [5.74, 6) is 8.62. The number of ether oxygens (including phenoxy) is 2. The van der Waals surface area contributed by atoms with Crippen molar-refractivity contribution in [3.05, 3.63) is 195 Å². The number of nitrogen functional groups attached to an aromatic ring is 1. The van der Waals surface area contributed by atoms with Crippen LogP contribution in [0.1, 0.15) is 225 Å². The molecule has 1 aliphatic heterocycles. The number of Topliss-reactive ketones (excluding diaryl/α,β-unsaturated/α-hetero) is 4. The first-order valence-electron chi connectivity index (χ1n) is 45.9. The summed E-state index contributed by atoms with van der Waals surface area (Å²) in [5, 5.41) is 27.5. The Morgan fingerprint density at radius 2 is 1.42 bits per heavy atom. The van der Waals surface area contributed by atoms with Crippen LogP contribution < -0.4 is 16.2 Å². The number of hydrogen-bond donors (Lipinski definition) is 6. The number of nitrogens with one attached hydrogen (secondary N) is 2. The molecule has 12 aliphatic rings. The number of allylic oxidation sites excluding steroid dienone is 2. The van der Waals surface area contributed by atoms with E-state index in [1.54, 1.807) is 32.3 Å². The number of amidine groups is 2. The zero-order chi connectivity index (χ0) is 90.8. The van der Waals surface area contributed by atoms with Gasteiger partial charge in [-0.1, -0.05) is 147 Å². The van der Waals surface area contributed by atoms with E-state index < -0.39 is 28.2 Å². The second-order valence-corrected chi connectivity index (χ2v) is 42.0. The molecule has 0 bridgehead atoms. The highest BCUT2D eigenvalue weighted by Crippen LogP contribution is 2.70. The van der Waals surface area contributed by atoms with Crippen LogP contribution in [-0.2, 0) is 47.8 Å². The number of esters is 1. The smallest absolute Gasteiger partial charge is 0.318 e. The van der Waals surface area contributed by atoms with E-state index in [-0.39, 0.29) is 88.6 Å². The van der Waals surface area contributed by atoms with Crippen molar-refractivity contribution in [3.63, 3.8) is 0 Å². The number of imidazole rings is 1. The second kappa shape index (κ2) is 36.4. The maximum atomic E-state index is 13.7. The Kier molecular flexibility index (Phi) is 26.0. The molecule has 0 spiro atoms. The molecule has 11 aliphatic carbocycles. The number of aromatic amines is 1. The monoisotopic (exact) mass is 1820 g/mol. The molecule has 1 saturated heterocycles. The summed E-state index contributed by atoms with van der Waals surface area (Å²) in [6.45, 7) is 18.4. The number of halogens is 1. The Morgan fingerprint density at radius 1 is 0.734 bits per heavy atom. The Balaban J connectivity index is 0.000000133. The lowest BCUT2D eigenvalue weighted by molar-refractivity contribution is -0.167. The fourth-order valence-electron chi connectivity index (χ4n) is 26.2. The number of hydrogen-bond acceptors (Lipinski definition) is 20. The Hall–Kier alpha value is -9.92. The van der Waals surface area contributed by atoms with E-state index in [2.05, 4.69) is 99.5 Å². The molecule has 0 radical (unpaired) electrons. The fourth-order valence-corrected chi connectivity index (χ4v) is 27.3. The van der Waals surface area contributed by atoms with Crippen molar-refractivity contribution in [2.24, 2.45) is 109 Å². The summed E-state index contributed by atoms with van der Waals surface area (Å²) < 4.78 is 47.6. The predicted octanol–water partition coefficient (Wildman–Crippen LogP) is 18.9. The summed E-state index contributed by atoms with van der Waals surface area (Å²) in [6.07, 6.45) is 25.6. The van der Waals surface area contributed by atoms with E-state index in [1.807, 2.05) is 109 Å². The molecule has 23 nitrogen and oxygen atoms in total. The number of aliphatic imine (C=N–C) groups is 1. The zero-order valence-electron chi connectivity index (χ0n) is 75.1. The molecule has 20 atom stereocenters. The number of fused-ring (bicyclic) bond motifs is 16. The largest absolute Gasteiger partial charge is 0.508 e. The minimum absolute atomic E-state index is 0. The lowest BCUT2D eigenvalue weighted by Gasteiger charge is -2.60. The molecular weight excluding hydrogens is 1700 g/mol. The van der Waals surface area contributed by atoms with Crippen LogP contribution in [0.25, 0.3) is 39.9 Å². The third-order valence-electron chi connectivity index (χ3n) is 32.9. The maximum Gasteiger partial charge on any atom is 0.318 e. The van der Waals surface area contributed by atoms with Crippen LogP contribution in [0.5, 0.6) is 11.8 Å². The van der Waals surface area contributed by atoms with Crippen molar-refractivity contribution in [2.45, 2.75) is 206 Å². The molecule has 25 heteroatoms. The van der Waals surface area contributed by atoms with Gasteiger partial charge in [0.2, 0.25) is 0 Å². The van der Waals surface area contributed by atoms with Crippen molar-refractivity contribution >= 4 is 89.8 Å². The van der Waals surface area contributed by atoms with Crippen molar-refractivity contribution in [3.8, 4) is 34.4 Å². The van der Waals surface area contributed by atoms with Gasteiger partial charge in [-0.2, -0.15) is 13.4 Å². The number of nitrogens with zero attached hydrogens (tertiary/aromatic N) is 5. The van der Waals surface area contributed by atoms with Crippen molar-refractivity contribution in [1.82, 2.24) is 24.8 Å². The number of aromatic nitrogens is 4. The molecule has 8 aromatic rings. The van der Waals surface area contributed by atoms with Crippen LogP contribution in [-0.4, -0.2) is 136 Å². The van der Waals surface area contributed by atoms with Crippen molar-refractivity contribution in [2.75, 3.05) is 33.9 Å². The van der Waals surface area contributed by atoms with Crippen LogP contribution in [0.2, 0.25) is 0 Å². The molecule has 10 unspecified atom stereocenters. The first kappa shape index (κ1) is 91.4. The number of aliphatic hydroxyl groups excluding tert-OH is 1. The third-order valence-corrected chi connectivity index (χ3v) is 34.8. The molecule has 4 heterocycles. The molecule has 680 valence electrons. The van der Waals surface area contributed by atoms with Gasteiger partial charge in [-0.05, 0) is 269 Å². The van der Waals surface area contributed by atoms with Crippen LogP contribution in [0.3, 0.4) is 0 Å². The van der Waals surface area contributed by atoms with Gasteiger partial charge in [-0.15, -0.1) is 0 Å². The fraction of sp³-hybridized carbons (Fsp3) is 0.505. The summed E-state index contributed by atoms with van der Waals surface area (Å²) in [4.78, 5) is 97.4. The molecule has 20 rings (SSSR count). The second-order valence-electron chi connectivity index (χ2n) is 39.5. The van der Waals surface area contributed by atoms with Crippen LogP contribution in [0, 0.1) is 105 Å². The normalized spacial score (nSPS) is 31.8. The predicted molar refractivity (Wildman–Crippen MR) is 498 cm³/mol. The Morgan fingerprint density at radius 3 is 2.09 bits per heavy atom. The molecular formula is C103H126BrN9O14S. The lowest BCUT2D eigenvalue weighted by Crippen LogP contribution is -2.58. The number of carbonyl (C=O) groups excluding carboxylic acids is 6. The molecule has 5 aromatic carbocycles. The van der Waals surface area contributed by atoms with Gasteiger partial charge in [-0.25, -0.2) is 9.97 Å². The molecule has 128 heavy (non-hydrogen) atoms. The number of methoxy groups -OCH3 is 1. The standard InChI is InChI=1S/C27H33BrO5S.C25H37NO4.C19H18N4O.C19H22O2.C13H12N4O2.2H2/c1-26-13-11-19(29)15-17(26)3-8-21-22-9-10-24(27(22,2)14-12-23(21)26)25(30)16-33-34(31,32)20-6-4-18(28)5-7-20;1-14(27)23-21(26-9-10-26)12-20-18-6-5-16-11-17(30-15(2)28)7-8-24(16,3)19(18)13-22(29)25(20,23)4;1-23-19(22)15-8-4-13(5-9-15)17-11-10-16(24-17)12-2-6-14(7-3-12)18(20)21;1-11-9-13(20)10-12-3-4-14-15(18(11)12)7-8-19(2)16(14)5-6-17(19)21;1-19-13-14-7-9-11(17-13)16-12(15-9)10(18)8-5-3-2-4-6-8;;/h4-7,15,21-24H,3,8-14,16H2,1-2H3;16-21,23H,5-13H2,1-4H3;2-11H,1H3,(H3,20,21)(H2,22,23);3-4,9-10,14-16,20H,5-8H2,1-2H3;2-7,10,18H,1H3,(H,14,15,16,17);2*1H/t21-,22+,23+,24-,26+,27+;;;14-,15-,16-,19-;;;/m1..0.../s1. The Bertz CT molecular complexity index is 5800. The highest BCUT2D eigenvalue weighted by atomic mass is 79.9. The van der Waals surface area contributed by atoms with E-state index in [0.717, 1.165) is 160 Å². The van der Waals surface area contributed by atoms with E-state index in [1.165, 1.54) is 48.4 Å². The third kappa shape index (κ3) is 17.5. The van der Waals surface area contributed by atoms with Crippen LogP contribution in [0.4, 0.5) is 0 Å². The Labute approximate surface area is 762 Å². The van der Waals surface area contributed by atoms with E-state index in [0.29, 0.717) is 118 Å². The summed E-state index contributed by atoms with van der Waals surface area (Å²) in [7, 11) is -0.811. The lowest BCUT2D eigenvalue weighted by atomic mass is 9.44. The number of aliphatic hydroxyl groups is 1. The molecule has 0 amide bonds.